The minimum atomic E-state index is -0.201. The van der Waals surface area contributed by atoms with Crippen LogP contribution >= 0.6 is 0 Å². The van der Waals surface area contributed by atoms with Crippen molar-refractivity contribution in [3.8, 4) is 5.75 Å². The fraction of sp³-hybridized carbons (Fsp3) is 0.400. The summed E-state index contributed by atoms with van der Waals surface area (Å²) < 4.78 is 8.11. The zero-order chi connectivity index (χ0) is 14.8. The first kappa shape index (κ1) is 13.6. The first-order chi connectivity index (χ1) is 10.2. The molecule has 0 unspecified atom stereocenters. The highest BCUT2D eigenvalue weighted by molar-refractivity contribution is 5.98. The number of para-hydroxylation sites is 1. The van der Waals surface area contributed by atoms with E-state index in [-0.39, 0.29) is 18.0 Å². The maximum atomic E-state index is 12.4. The van der Waals surface area contributed by atoms with Gasteiger partial charge >= 0.3 is 5.69 Å². The number of Topliss-reactive ketones (excluding diaryl/α,β-unsaturated/α-hetero) is 1. The Labute approximate surface area is 122 Å². The number of hydrogen-bond acceptors (Lipinski definition) is 4. The van der Waals surface area contributed by atoms with Gasteiger partial charge in [-0.3, -0.25) is 9.36 Å². The van der Waals surface area contributed by atoms with Gasteiger partial charge in [0.1, 0.15) is 18.1 Å². The molecule has 0 fully saturated rings. The van der Waals surface area contributed by atoms with Gasteiger partial charge in [0.05, 0.1) is 12.7 Å². The summed E-state index contributed by atoms with van der Waals surface area (Å²) in [5, 5.41) is 4.28. The van der Waals surface area contributed by atoms with E-state index >= 15 is 0 Å². The first-order valence-electron chi connectivity index (χ1n) is 7.03. The second kappa shape index (κ2) is 5.55. The van der Waals surface area contributed by atoms with Crippen molar-refractivity contribution in [2.75, 3.05) is 7.11 Å². The molecule has 1 aromatic carbocycles. The van der Waals surface area contributed by atoms with Crippen LogP contribution in [0.3, 0.4) is 0 Å². The maximum absolute atomic E-state index is 12.4. The molecule has 0 bridgehead atoms. The van der Waals surface area contributed by atoms with Crippen molar-refractivity contribution < 1.29 is 9.53 Å². The summed E-state index contributed by atoms with van der Waals surface area (Å²) in [4.78, 5) is 24.6. The average Bonchev–Trinajstić information content (AvgIpc) is 2.84. The quantitative estimate of drug-likeness (QED) is 0.794. The van der Waals surface area contributed by atoms with Gasteiger partial charge in [0, 0.05) is 13.0 Å². The largest absolute Gasteiger partial charge is 0.496 e. The van der Waals surface area contributed by atoms with Crippen LogP contribution in [0.15, 0.2) is 29.1 Å². The molecule has 1 aliphatic rings. The number of methoxy groups -OCH3 is 1. The van der Waals surface area contributed by atoms with Gasteiger partial charge in [-0.05, 0) is 25.0 Å². The Hall–Kier alpha value is -2.37. The number of aromatic nitrogens is 3. The molecular formula is C15H17N3O3. The Morgan fingerprint density at radius 1 is 1.33 bits per heavy atom. The van der Waals surface area contributed by atoms with Crippen LogP contribution in [0.2, 0.25) is 0 Å². The van der Waals surface area contributed by atoms with Gasteiger partial charge in [-0.2, -0.15) is 5.10 Å². The Morgan fingerprint density at radius 3 is 2.90 bits per heavy atom. The minimum absolute atomic E-state index is 0.0563. The fourth-order valence-electron chi connectivity index (χ4n) is 2.65. The first-order valence-corrected chi connectivity index (χ1v) is 7.03. The maximum Gasteiger partial charge on any atom is 0.346 e. The van der Waals surface area contributed by atoms with Gasteiger partial charge in [0.15, 0.2) is 5.78 Å². The van der Waals surface area contributed by atoms with E-state index in [0.717, 1.165) is 25.1 Å². The molecule has 3 rings (SSSR count). The van der Waals surface area contributed by atoms with Gasteiger partial charge in [0.2, 0.25) is 0 Å². The van der Waals surface area contributed by atoms with E-state index < -0.39 is 0 Å². The molecule has 0 spiro atoms. The number of carbonyl (C=O) groups is 1. The third-order valence-corrected chi connectivity index (χ3v) is 3.73. The number of rotatable bonds is 4. The number of fused-ring (bicyclic) bond motifs is 1. The van der Waals surface area contributed by atoms with Gasteiger partial charge < -0.3 is 4.74 Å². The second-order valence-electron chi connectivity index (χ2n) is 5.09. The topological polar surface area (TPSA) is 66.1 Å². The van der Waals surface area contributed by atoms with Crippen molar-refractivity contribution in [3.05, 3.63) is 46.1 Å². The van der Waals surface area contributed by atoms with Crippen molar-refractivity contribution in [1.29, 1.82) is 0 Å². The van der Waals surface area contributed by atoms with E-state index in [1.807, 2.05) is 0 Å². The Kier molecular flexibility index (Phi) is 3.60. The number of hydrogen-bond donors (Lipinski definition) is 0. The Morgan fingerprint density at radius 2 is 2.14 bits per heavy atom. The zero-order valence-corrected chi connectivity index (χ0v) is 11.9. The van der Waals surface area contributed by atoms with Gasteiger partial charge in [0.25, 0.3) is 0 Å². The summed E-state index contributed by atoms with van der Waals surface area (Å²) in [6, 6.07) is 7.00. The van der Waals surface area contributed by atoms with E-state index in [4.69, 9.17) is 4.74 Å². The summed E-state index contributed by atoms with van der Waals surface area (Å²) in [6.07, 6.45) is 2.82. The van der Waals surface area contributed by atoms with Crippen molar-refractivity contribution in [2.24, 2.45) is 0 Å². The van der Waals surface area contributed by atoms with E-state index in [1.165, 1.54) is 11.8 Å². The standard InChI is InChI=1S/C15H17N3O3/c1-21-13-7-3-2-6-11(13)12(19)10-18-15(20)17-9-5-4-8-14(17)16-18/h2-3,6-7H,4-5,8-10H2,1H3. The lowest BCUT2D eigenvalue weighted by Gasteiger charge is -2.09. The molecule has 6 nitrogen and oxygen atoms in total. The summed E-state index contributed by atoms with van der Waals surface area (Å²) in [5.41, 5.74) is 0.269. The Balaban J connectivity index is 1.88. The molecule has 21 heavy (non-hydrogen) atoms. The molecule has 1 aliphatic heterocycles. The van der Waals surface area contributed by atoms with Gasteiger partial charge in [-0.15, -0.1) is 0 Å². The van der Waals surface area contributed by atoms with Crippen LogP contribution in [-0.4, -0.2) is 27.2 Å². The lowest BCUT2D eigenvalue weighted by Crippen LogP contribution is -2.29. The van der Waals surface area contributed by atoms with Crippen LogP contribution in [0.5, 0.6) is 5.75 Å². The van der Waals surface area contributed by atoms with Crippen molar-refractivity contribution in [1.82, 2.24) is 14.3 Å². The second-order valence-corrected chi connectivity index (χ2v) is 5.09. The van der Waals surface area contributed by atoms with Crippen LogP contribution < -0.4 is 10.4 Å². The smallest absolute Gasteiger partial charge is 0.346 e. The van der Waals surface area contributed by atoms with E-state index in [9.17, 15) is 9.59 Å². The molecule has 0 amide bonds. The summed E-state index contributed by atoms with van der Waals surface area (Å²) in [5.74, 6) is 1.11. The minimum Gasteiger partial charge on any atom is -0.496 e. The molecular weight excluding hydrogens is 270 g/mol. The highest BCUT2D eigenvalue weighted by Gasteiger charge is 2.19. The fourth-order valence-corrected chi connectivity index (χ4v) is 2.65. The summed E-state index contributed by atoms with van der Waals surface area (Å²) in [6.45, 7) is 0.635. The van der Waals surface area contributed by atoms with Gasteiger partial charge in [-0.25, -0.2) is 9.48 Å². The predicted molar refractivity (Wildman–Crippen MR) is 76.7 cm³/mol. The molecule has 0 N–H and O–H groups in total. The highest BCUT2D eigenvalue weighted by atomic mass is 16.5. The molecule has 0 saturated carbocycles. The lowest BCUT2D eigenvalue weighted by molar-refractivity contribution is 0.0963. The molecule has 6 heteroatoms. The van der Waals surface area contributed by atoms with Crippen LogP contribution in [0.25, 0.3) is 0 Å². The molecule has 110 valence electrons. The molecule has 2 heterocycles. The number of aryl methyl sites for hydroxylation is 1. The third kappa shape index (κ3) is 2.49. The van der Waals surface area contributed by atoms with Crippen LogP contribution in [0.1, 0.15) is 29.0 Å². The van der Waals surface area contributed by atoms with E-state index in [1.54, 1.807) is 28.8 Å². The summed E-state index contributed by atoms with van der Waals surface area (Å²) in [7, 11) is 1.52. The molecule has 2 aromatic rings. The normalized spacial score (nSPS) is 13.8. The van der Waals surface area contributed by atoms with Crippen LogP contribution in [-0.2, 0) is 19.5 Å². The van der Waals surface area contributed by atoms with Crippen LogP contribution in [0, 0.1) is 0 Å². The summed E-state index contributed by atoms with van der Waals surface area (Å²) >= 11 is 0. The average molecular weight is 287 g/mol. The lowest BCUT2D eigenvalue weighted by atomic mass is 10.1. The molecule has 0 atom stereocenters. The predicted octanol–water partition coefficient (Wildman–Crippen LogP) is 1.27. The number of benzene rings is 1. The number of nitrogens with zero attached hydrogens (tertiary/aromatic N) is 3. The monoisotopic (exact) mass is 287 g/mol. The molecule has 0 radical (unpaired) electrons. The zero-order valence-electron chi connectivity index (χ0n) is 11.9. The van der Waals surface area contributed by atoms with E-state index in [0.29, 0.717) is 17.9 Å². The highest BCUT2D eigenvalue weighted by Crippen LogP contribution is 2.18. The SMILES string of the molecule is COc1ccccc1C(=O)Cn1nc2n(c1=O)CCCC2. The van der Waals surface area contributed by atoms with Crippen molar-refractivity contribution in [2.45, 2.75) is 32.4 Å². The third-order valence-electron chi connectivity index (χ3n) is 3.73. The van der Waals surface area contributed by atoms with Crippen molar-refractivity contribution in [3.63, 3.8) is 0 Å². The molecule has 1 aromatic heterocycles. The van der Waals surface area contributed by atoms with Gasteiger partial charge in [-0.1, -0.05) is 12.1 Å². The molecule has 0 aliphatic carbocycles. The number of carbonyl (C=O) groups excluding carboxylic acids is 1. The number of ether oxygens (including phenoxy) is 1. The number of ketones is 1. The van der Waals surface area contributed by atoms with Crippen molar-refractivity contribution >= 4 is 5.78 Å². The van der Waals surface area contributed by atoms with Crippen LogP contribution in [0.4, 0.5) is 0 Å². The Bertz CT molecular complexity index is 730. The van der Waals surface area contributed by atoms with E-state index in [2.05, 4.69) is 5.10 Å². The molecule has 0 saturated heterocycles.